The highest BCUT2D eigenvalue weighted by atomic mass is 32.2. The van der Waals surface area contributed by atoms with Gasteiger partial charge in [0.2, 0.25) is 0 Å². The minimum atomic E-state index is -0.570. The van der Waals surface area contributed by atoms with Crippen LogP contribution in [-0.2, 0) is 9.53 Å². The van der Waals surface area contributed by atoms with Crippen LogP contribution in [-0.4, -0.2) is 12.5 Å². The number of ether oxygens (including phenoxy) is 1. The molecule has 1 aromatic carbocycles. The third-order valence-electron chi connectivity index (χ3n) is 4.32. The summed E-state index contributed by atoms with van der Waals surface area (Å²) in [6.45, 7) is 8.92. The van der Waals surface area contributed by atoms with Crippen LogP contribution in [0.3, 0.4) is 0 Å². The van der Waals surface area contributed by atoms with Crippen LogP contribution in [0.4, 0.5) is 5.69 Å². The first-order valence-electron chi connectivity index (χ1n) is 8.87. The first kappa shape index (κ1) is 19.1. The van der Waals surface area contributed by atoms with Crippen molar-refractivity contribution in [3.63, 3.8) is 0 Å². The molecule has 5 heteroatoms. The molecule has 27 heavy (non-hydrogen) atoms. The number of rotatable bonds is 3. The fourth-order valence-corrected chi connectivity index (χ4v) is 4.31. The zero-order valence-electron chi connectivity index (χ0n) is 15.9. The number of nitriles is 1. The van der Waals surface area contributed by atoms with Crippen LogP contribution < -0.4 is 4.90 Å². The van der Waals surface area contributed by atoms with Gasteiger partial charge in [-0.25, -0.2) is 4.79 Å². The third kappa shape index (κ3) is 3.72. The van der Waals surface area contributed by atoms with Crippen LogP contribution in [0.2, 0.25) is 0 Å². The molecule has 2 aliphatic rings. The molecule has 2 aliphatic heterocycles. The first-order chi connectivity index (χ1) is 12.9. The van der Waals surface area contributed by atoms with Crippen molar-refractivity contribution < 1.29 is 9.53 Å². The van der Waals surface area contributed by atoms with Crippen molar-refractivity contribution in [1.82, 2.24) is 0 Å². The fourth-order valence-electron chi connectivity index (χ4n) is 3.17. The first-order valence-corrected chi connectivity index (χ1v) is 9.69. The van der Waals surface area contributed by atoms with E-state index in [1.165, 1.54) is 10.6 Å². The summed E-state index contributed by atoms with van der Waals surface area (Å²) < 4.78 is 5.31. The number of esters is 1. The second-order valence-electron chi connectivity index (χ2n) is 7.24. The van der Waals surface area contributed by atoms with Crippen LogP contribution in [0, 0.1) is 16.7 Å². The molecule has 1 aromatic rings. The summed E-state index contributed by atoms with van der Waals surface area (Å²) >= 11 is 1.74. The van der Waals surface area contributed by atoms with Gasteiger partial charge in [0, 0.05) is 17.0 Å². The van der Waals surface area contributed by atoms with Crippen molar-refractivity contribution >= 4 is 23.4 Å². The topological polar surface area (TPSA) is 53.3 Å². The highest BCUT2D eigenvalue weighted by Crippen LogP contribution is 2.45. The molecule has 0 saturated heterocycles. The van der Waals surface area contributed by atoms with E-state index < -0.39 is 5.97 Å². The standard InChI is InChI=1S/C22H22N2O2S/c1-5-24-16-10-6-8-12-18(16)27-19(24)13-9-7-11-17-20(22(2,3)4)15(14-23)21(25)26-17/h6-13H,5H2,1-4H3/b9-7+,17-11+,19-13+. The Morgan fingerprint density at radius 1 is 1.22 bits per heavy atom. The van der Waals surface area contributed by atoms with Gasteiger partial charge in [0.05, 0.1) is 10.7 Å². The minimum absolute atomic E-state index is 0.0967. The number of cyclic esters (lactones) is 1. The number of carbonyl (C=O) groups is 1. The lowest BCUT2D eigenvalue weighted by Crippen LogP contribution is -2.16. The molecule has 0 spiro atoms. The van der Waals surface area contributed by atoms with Crippen molar-refractivity contribution in [2.45, 2.75) is 32.6 Å². The van der Waals surface area contributed by atoms with Crippen molar-refractivity contribution in [1.29, 1.82) is 5.26 Å². The molecule has 0 N–H and O–H groups in total. The van der Waals surface area contributed by atoms with Crippen LogP contribution in [0.15, 0.2) is 75.4 Å². The van der Waals surface area contributed by atoms with Crippen molar-refractivity contribution in [2.24, 2.45) is 5.41 Å². The predicted molar refractivity (Wildman–Crippen MR) is 109 cm³/mol. The summed E-state index contributed by atoms with van der Waals surface area (Å²) in [5, 5.41) is 10.4. The highest BCUT2D eigenvalue weighted by molar-refractivity contribution is 8.03. The Kier molecular flexibility index (Phi) is 5.29. The average Bonchev–Trinajstić information content (AvgIpc) is 3.14. The SMILES string of the molecule is CCN1\C(=C/C=C/C=C2/OC(=O)C(C#N)=C2C(C)(C)C)Sc2ccccc21. The molecule has 0 radical (unpaired) electrons. The number of carbonyl (C=O) groups excluding carboxylic acids is 1. The smallest absolute Gasteiger partial charge is 0.354 e. The number of hydrogen-bond donors (Lipinski definition) is 0. The Labute approximate surface area is 164 Å². The molecule has 0 unspecified atom stereocenters. The molecule has 0 aliphatic carbocycles. The number of benzene rings is 1. The van der Waals surface area contributed by atoms with Crippen molar-refractivity contribution in [2.75, 3.05) is 11.4 Å². The highest BCUT2D eigenvalue weighted by Gasteiger charge is 2.36. The van der Waals surface area contributed by atoms with Crippen LogP contribution in [0.5, 0.6) is 0 Å². The lowest BCUT2D eigenvalue weighted by Gasteiger charge is -2.20. The zero-order chi connectivity index (χ0) is 19.6. The summed E-state index contributed by atoms with van der Waals surface area (Å²) in [5.41, 5.74) is 1.63. The number of fused-ring (bicyclic) bond motifs is 1. The van der Waals surface area contributed by atoms with E-state index in [9.17, 15) is 10.1 Å². The zero-order valence-corrected chi connectivity index (χ0v) is 16.8. The minimum Gasteiger partial charge on any atom is -0.422 e. The molecular formula is C22H22N2O2S. The Morgan fingerprint density at radius 2 is 1.93 bits per heavy atom. The van der Waals surface area contributed by atoms with E-state index in [1.807, 2.05) is 57.2 Å². The molecule has 0 amide bonds. The molecule has 138 valence electrons. The van der Waals surface area contributed by atoms with Gasteiger partial charge in [-0.1, -0.05) is 56.8 Å². The van der Waals surface area contributed by atoms with E-state index in [0.717, 1.165) is 11.6 Å². The van der Waals surface area contributed by atoms with Gasteiger partial charge in [-0.3, -0.25) is 0 Å². The maximum Gasteiger partial charge on any atom is 0.354 e. The van der Waals surface area contributed by atoms with E-state index in [-0.39, 0.29) is 11.0 Å². The quantitative estimate of drug-likeness (QED) is 0.666. The van der Waals surface area contributed by atoms with Gasteiger partial charge in [-0.2, -0.15) is 5.26 Å². The number of thioether (sulfide) groups is 1. The molecule has 0 bridgehead atoms. The molecule has 3 rings (SSSR count). The van der Waals surface area contributed by atoms with Gasteiger partial charge >= 0.3 is 5.97 Å². The number of nitrogens with zero attached hydrogens (tertiary/aromatic N) is 2. The normalized spacial score (nSPS) is 20.0. The molecule has 0 aromatic heterocycles. The Balaban J connectivity index is 1.84. The number of hydrogen-bond acceptors (Lipinski definition) is 5. The largest absolute Gasteiger partial charge is 0.422 e. The van der Waals surface area contributed by atoms with Crippen molar-refractivity contribution in [3.8, 4) is 6.07 Å². The van der Waals surface area contributed by atoms with Gasteiger partial charge in [-0.05, 0) is 36.6 Å². The maximum atomic E-state index is 11.9. The summed E-state index contributed by atoms with van der Waals surface area (Å²) in [6, 6.07) is 10.3. The second kappa shape index (κ2) is 7.50. The molecule has 2 heterocycles. The Morgan fingerprint density at radius 3 is 2.59 bits per heavy atom. The van der Waals surface area contributed by atoms with Gasteiger partial charge < -0.3 is 9.64 Å². The lowest BCUT2D eigenvalue weighted by molar-refractivity contribution is -0.132. The van der Waals surface area contributed by atoms with Crippen LogP contribution in [0.25, 0.3) is 0 Å². The number of allylic oxidation sites excluding steroid dienone is 5. The molecule has 0 saturated carbocycles. The summed E-state index contributed by atoms with van der Waals surface area (Å²) in [7, 11) is 0. The van der Waals surface area contributed by atoms with Gasteiger partial charge in [0.15, 0.2) is 0 Å². The number of para-hydroxylation sites is 1. The van der Waals surface area contributed by atoms with Crippen LogP contribution >= 0.6 is 11.8 Å². The summed E-state index contributed by atoms with van der Waals surface area (Å²) in [5.74, 6) is -0.118. The van der Waals surface area contributed by atoms with E-state index in [4.69, 9.17) is 4.74 Å². The van der Waals surface area contributed by atoms with Gasteiger partial charge in [0.1, 0.15) is 17.4 Å². The molecule has 0 atom stereocenters. The van der Waals surface area contributed by atoms with Gasteiger partial charge in [-0.15, -0.1) is 0 Å². The second-order valence-corrected chi connectivity index (χ2v) is 8.30. The van der Waals surface area contributed by atoms with Crippen LogP contribution in [0.1, 0.15) is 27.7 Å². The maximum absolute atomic E-state index is 11.9. The predicted octanol–water partition coefficient (Wildman–Crippen LogP) is 5.32. The molecule has 0 fully saturated rings. The lowest BCUT2D eigenvalue weighted by atomic mass is 9.83. The Bertz CT molecular complexity index is 940. The number of anilines is 1. The van der Waals surface area contributed by atoms with E-state index in [1.54, 1.807) is 17.8 Å². The third-order valence-corrected chi connectivity index (χ3v) is 5.45. The Hall–Kier alpha value is -2.71. The van der Waals surface area contributed by atoms with Gasteiger partial charge in [0.25, 0.3) is 0 Å². The van der Waals surface area contributed by atoms with E-state index in [0.29, 0.717) is 11.3 Å². The average molecular weight is 378 g/mol. The van der Waals surface area contributed by atoms with E-state index >= 15 is 0 Å². The van der Waals surface area contributed by atoms with Crippen molar-refractivity contribution in [3.05, 3.63) is 70.5 Å². The summed E-state index contributed by atoms with van der Waals surface area (Å²) in [6.07, 6.45) is 7.58. The monoisotopic (exact) mass is 378 g/mol. The molecule has 4 nitrogen and oxygen atoms in total. The fraction of sp³-hybridized carbons (Fsp3) is 0.273. The molecular weight excluding hydrogens is 356 g/mol. The summed E-state index contributed by atoms with van der Waals surface area (Å²) in [4.78, 5) is 15.4. The van der Waals surface area contributed by atoms with E-state index in [2.05, 4.69) is 24.0 Å².